The number of carbonyl (C=O) groups is 1. The summed E-state index contributed by atoms with van der Waals surface area (Å²) in [6.07, 6.45) is 2.05. The number of hydrogen-bond acceptors (Lipinski definition) is 3. The molecule has 0 amide bonds. The van der Waals surface area contributed by atoms with Crippen molar-refractivity contribution in [3.8, 4) is 5.75 Å². The number of aliphatic carboxylic acids is 1. The number of likely N-dealkylation sites (tertiary alicyclic amines) is 1. The number of rotatable bonds is 5. The van der Waals surface area contributed by atoms with E-state index in [0.29, 0.717) is 11.7 Å². The number of para-hydroxylation sites is 1. The number of carboxylic acid groups (broad SMARTS) is 1. The number of hydrogen-bond donors (Lipinski definition) is 2. The first-order valence-corrected chi connectivity index (χ1v) is 6.81. The molecule has 0 radical (unpaired) electrons. The third-order valence-electron chi connectivity index (χ3n) is 4.02. The molecule has 0 aliphatic carbocycles. The van der Waals surface area contributed by atoms with E-state index in [9.17, 15) is 9.90 Å². The summed E-state index contributed by atoms with van der Waals surface area (Å²) in [6.45, 7) is 3.98. The number of benzene rings is 1. The topological polar surface area (TPSA) is 60.8 Å². The van der Waals surface area contributed by atoms with Gasteiger partial charge in [0.15, 0.2) is 0 Å². The lowest BCUT2D eigenvalue weighted by Gasteiger charge is -2.25. The van der Waals surface area contributed by atoms with Crippen LogP contribution in [0.2, 0.25) is 0 Å². The first-order chi connectivity index (χ1) is 9.08. The van der Waals surface area contributed by atoms with Crippen molar-refractivity contribution < 1.29 is 15.0 Å². The van der Waals surface area contributed by atoms with Crippen molar-refractivity contribution in [2.75, 3.05) is 13.1 Å². The molecule has 0 spiro atoms. The normalized spacial score (nSPS) is 21.4. The molecule has 1 aromatic rings. The molecule has 0 bridgehead atoms. The van der Waals surface area contributed by atoms with Crippen molar-refractivity contribution in [2.45, 2.75) is 32.2 Å². The van der Waals surface area contributed by atoms with E-state index in [1.807, 2.05) is 18.2 Å². The van der Waals surface area contributed by atoms with Crippen LogP contribution >= 0.6 is 0 Å². The number of carboxylic acids is 1. The molecule has 104 valence electrons. The lowest BCUT2D eigenvalue weighted by Crippen LogP contribution is -2.24. The quantitative estimate of drug-likeness (QED) is 0.857. The van der Waals surface area contributed by atoms with E-state index in [1.54, 1.807) is 6.07 Å². The SMILES string of the molecule is CC(c1ccccc1O)N1CCC(CCC(=O)O)C1. The Morgan fingerprint density at radius 3 is 2.89 bits per heavy atom. The molecule has 4 nitrogen and oxygen atoms in total. The van der Waals surface area contributed by atoms with E-state index in [-0.39, 0.29) is 12.5 Å². The van der Waals surface area contributed by atoms with Crippen molar-refractivity contribution in [1.82, 2.24) is 4.90 Å². The van der Waals surface area contributed by atoms with E-state index < -0.39 is 5.97 Å². The van der Waals surface area contributed by atoms with Gasteiger partial charge in [-0.2, -0.15) is 0 Å². The molecule has 1 heterocycles. The standard InChI is InChI=1S/C15H21NO3/c1-11(13-4-2-3-5-14(13)17)16-9-8-12(10-16)6-7-15(18)19/h2-5,11-12,17H,6-10H2,1H3,(H,18,19). The molecule has 0 saturated carbocycles. The molecule has 1 fully saturated rings. The molecular weight excluding hydrogens is 242 g/mol. The molecule has 1 aliphatic rings. The highest BCUT2D eigenvalue weighted by Crippen LogP contribution is 2.33. The summed E-state index contributed by atoms with van der Waals surface area (Å²) in [5, 5.41) is 18.6. The van der Waals surface area contributed by atoms with Gasteiger partial charge in [-0.1, -0.05) is 18.2 Å². The average Bonchev–Trinajstić information content (AvgIpc) is 2.85. The molecule has 19 heavy (non-hydrogen) atoms. The summed E-state index contributed by atoms with van der Waals surface area (Å²) < 4.78 is 0. The Balaban J connectivity index is 1.93. The third kappa shape index (κ3) is 3.47. The molecule has 4 heteroatoms. The zero-order valence-corrected chi connectivity index (χ0v) is 11.2. The minimum atomic E-state index is -0.716. The Bertz CT molecular complexity index is 447. The third-order valence-corrected chi connectivity index (χ3v) is 4.02. The van der Waals surface area contributed by atoms with Gasteiger partial charge in [0, 0.05) is 24.6 Å². The van der Waals surface area contributed by atoms with E-state index >= 15 is 0 Å². The molecule has 1 aliphatic heterocycles. The van der Waals surface area contributed by atoms with Gasteiger partial charge >= 0.3 is 5.97 Å². The van der Waals surface area contributed by atoms with Gasteiger partial charge in [-0.25, -0.2) is 0 Å². The minimum Gasteiger partial charge on any atom is -0.508 e. The van der Waals surface area contributed by atoms with Crippen LogP contribution in [0.1, 0.15) is 37.8 Å². The Labute approximate surface area is 113 Å². The number of phenols is 1. The summed E-state index contributed by atoms with van der Waals surface area (Å²) >= 11 is 0. The zero-order chi connectivity index (χ0) is 13.8. The number of aromatic hydroxyl groups is 1. The van der Waals surface area contributed by atoms with Crippen molar-refractivity contribution in [3.63, 3.8) is 0 Å². The second kappa shape index (κ2) is 6.06. The lowest BCUT2D eigenvalue weighted by molar-refractivity contribution is -0.137. The first kappa shape index (κ1) is 13.9. The van der Waals surface area contributed by atoms with Crippen LogP contribution in [-0.4, -0.2) is 34.2 Å². The fourth-order valence-corrected chi connectivity index (χ4v) is 2.82. The molecule has 2 unspecified atom stereocenters. The van der Waals surface area contributed by atoms with E-state index in [0.717, 1.165) is 31.5 Å². The van der Waals surface area contributed by atoms with Gasteiger partial charge in [0.2, 0.25) is 0 Å². The van der Waals surface area contributed by atoms with Crippen LogP contribution in [0.5, 0.6) is 5.75 Å². The minimum absolute atomic E-state index is 0.177. The average molecular weight is 263 g/mol. The van der Waals surface area contributed by atoms with E-state index in [1.165, 1.54) is 0 Å². The van der Waals surface area contributed by atoms with Gasteiger partial charge in [0.1, 0.15) is 5.75 Å². The second-order valence-electron chi connectivity index (χ2n) is 5.32. The number of nitrogens with zero attached hydrogens (tertiary/aromatic N) is 1. The van der Waals surface area contributed by atoms with Crippen LogP contribution in [0.4, 0.5) is 0 Å². The maximum atomic E-state index is 10.6. The van der Waals surface area contributed by atoms with Crippen molar-refractivity contribution >= 4 is 5.97 Å². The van der Waals surface area contributed by atoms with Crippen LogP contribution in [0.15, 0.2) is 24.3 Å². The van der Waals surface area contributed by atoms with Gasteiger partial charge < -0.3 is 10.2 Å². The van der Waals surface area contributed by atoms with Gasteiger partial charge in [0.25, 0.3) is 0 Å². The van der Waals surface area contributed by atoms with E-state index in [2.05, 4.69) is 11.8 Å². The second-order valence-corrected chi connectivity index (χ2v) is 5.32. The molecule has 2 rings (SSSR count). The van der Waals surface area contributed by atoms with Crippen LogP contribution in [0.3, 0.4) is 0 Å². The Morgan fingerprint density at radius 1 is 1.47 bits per heavy atom. The maximum Gasteiger partial charge on any atom is 0.303 e. The number of phenolic OH excluding ortho intramolecular Hbond substituents is 1. The van der Waals surface area contributed by atoms with Crippen molar-refractivity contribution in [2.24, 2.45) is 5.92 Å². The smallest absolute Gasteiger partial charge is 0.303 e. The maximum absolute atomic E-state index is 10.6. The van der Waals surface area contributed by atoms with Crippen LogP contribution in [-0.2, 0) is 4.79 Å². The molecule has 2 N–H and O–H groups in total. The van der Waals surface area contributed by atoms with Gasteiger partial charge in [-0.3, -0.25) is 9.69 Å². The summed E-state index contributed by atoms with van der Waals surface area (Å²) in [5.41, 5.74) is 0.946. The van der Waals surface area contributed by atoms with Crippen LogP contribution < -0.4 is 0 Å². The van der Waals surface area contributed by atoms with Crippen molar-refractivity contribution in [1.29, 1.82) is 0 Å². The van der Waals surface area contributed by atoms with Crippen molar-refractivity contribution in [3.05, 3.63) is 29.8 Å². The summed E-state index contributed by atoms with van der Waals surface area (Å²) in [7, 11) is 0. The highest BCUT2D eigenvalue weighted by Gasteiger charge is 2.27. The van der Waals surface area contributed by atoms with E-state index in [4.69, 9.17) is 5.11 Å². The van der Waals surface area contributed by atoms with Gasteiger partial charge in [0.05, 0.1) is 0 Å². The predicted octanol–water partition coefficient (Wildman–Crippen LogP) is 2.64. The molecular formula is C15H21NO3. The summed E-state index contributed by atoms with van der Waals surface area (Å²) in [5.74, 6) is 0.0839. The molecule has 1 aromatic carbocycles. The fraction of sp³-hybridized carbons (Fsp3) is 0.533. The fourth-order valence-electron chi connectivity index (χ4n) is 2.82. The molecule has 2 atom stereocenters. The highest BCUT2D eigenvalue weighted by molar-refractivity contribution is 5.66. The Morgan fingerprint density at radius 2 is 2.21 bits per heavy atom. The first-order valence-electron chi connectivity index (χ1n) is 6.81. The zero-order valence-electron chi connectivity index (χ0n) is 11.2. The Kier molecular flexibility index (Phi) is 4.43. The predicted molar refractivity (Wildman–Crippen MR) is 73.1 cm³/mol. The molecule has 1 saturated heterocycles. The summed E-state index contributed by atoms with van der Waals surface area (Å²) in [4.78, 5) is 12.9. The monoisotopic (exact) mass is 263 g/mol. The van der Waals surface area contributed by atoms with Crippen LogP contribution in [0.25, 0.3) is 0 Å². The summed E-state index contributed by atoms with van der Waals surface area (Å²) in [6, 6.07) is 7.60. The lowest BCUT2D eigenvalue weighted by atomic mass is 10.0. The largest absolute Gasteiger partial charge is 0.508 e. The molecule has 0 aromatic heterocycles. The van der Waals surface area contributed by atoms with Gasteiger partial charge in [-0.15, -0.1) is 0 Å². The van der Waals surface area contributed by atoms with Crippen LogP contribution in [0, 0.1) is 5.92 Å². The Hall–Kier alpha value is -1.55. The van der Waals surface area contributed by atoms with Gasteiger partial charge in [-0.05, 0) is 38.3 Å². The highest BCUT2D eigenvalue weighted by atomic mass is 16.4.